The van der Waals surface area contributed by atoms with Crippen LogP contribution in [0.25, 0.3) is 11.4 Å². The van der Waals surface area contributed by atoms with Gasteiger partial charge in [0.1, 0.15) is 11.6 Å². The third kappa shape index (κ3) is 4.33. The van der Waals surface area contributed by atoms with Gasteiger partial charge in [-0.05, 0) is 25.1 Å². The lowest BCUT2D eigenvalue weighted by Gasteiger charge is -2.08. The SMILES string of the molecule is C=CCn1c(SCc2nc(N)nc(Nc3ccccc3)n2)nnc1-c1ccoc1C. The minimum Gasteiger partial charge on any atom is -0.469 e. The summed E-state index contributed by atoms with van der Waals surface area (Å²) in [4.78, 5) is 12.9. The molecule has 0 saturated heterocycles. The first-order valence-electron chi connectivity index (χ1n) is 9.18. The Labute approximate surface area is 177 Å². The largest absolute Gasteiger partial charge is 0.469 e. The van der Waals surface area contributed by atoms with E-state index in [2.05, 4.69) is 37.0 Å². The number of anilines is 3. The Morgan fingerprint density at radius 2 is 2.00 bits per heavy atom. The number of furan rings is 1. The van der Waals surface area contributed by atoms with Gasteiger partial charge in [-0.1, -0.05) is 36.0 Å². The Bertz CT molecular complexity index is 1150. The number of para-hydroxylation sites is 1. The lowest BCUT2D eigenvalue weighted by atomic mass is 10.2. The van der Waals surface area contributed by atoms with Crippen LogP contribution in [0, 0.1) is 6.92 Å². The molecule has 0 aliphatic rings. The third-order valence-corrected chi connectivity index (χ3v) is 5.15. The number of nitrogens with two attached hydrogens (primary N) is 1. The highest BCUT2D eigenvalue weighted by Gasteiger charge is 2.17. The summed E-state index contributed by atoms with van der Waals surface area (Å²) in [6.07, 6.45) is 3.44. The highest BCUT2D eigenvalue weighted by molar-refractivity contribution is 7.98. The monoisotopic (exact) mass is 420 g/mol. The zero-order valence-corrected chi connectivity index (χ0v) is 17.1. The van der Waals surface area contributed by atoms with Crippen molar-refractivity contribution in [2.45, 2.75) is 24.4 Å². The molecule has 30 heavy (non-hydrogen) atoms. The fraction of sp³-hybridized carbons (Fsp3) is 0.150. The Kier molecular flexibility index (Phi) is 5.75. The van der Waals surface area contributed by atoms with Gasteiger partial charge in [-0.15, -0.1) is 16.8 Å². The van der Waals surface area contributed by atoms with Gasteiger partial charge in [0.2, 0.25) is 11.9 Å². The van der Waals surface area contributed by atoms with Crippen LogP contribution in [0.3, 0.4) is 0 Å². The van der Waals surface area contributed by atoms with Crippen molar-refractivity contribution in [3.63, 3.8) is 0 Å². The fourth-order valence-electron chi connectivity index (χ4n) is 2.84. The van der Waals surface area contributed by atoms with Gasteiger partial charge in [0, 0.05) is 12.2 Å². The molecule has 3 N–H and O–H groups in total. The van der Waals surface area contributed by atoms with Crippen LogP contribution in [-0.4, -0.2) is 29.7 Å². The summed E-state index contributed by atoms with van der Waals surface area (Å²) in [5.74, 6) is 3.06. The summed E-state index contributed by atoms with van der Waals surface area (Å²) in [6.45, 7) is 6.29. The highest BCUT2D eigenvalue weighted by Crippen LogP contribution is 2.28. The number of aryl methyl sites for hydroxylation is 1. The molecule has 10 heteroatoms. The van der Waals surface area contributed by atoms with E-state index < -0.39 is 0 Å². The molecular weight excluding hydrogens is 400 g/mol. The molecule has 0 unspecified atom stereocenters. The van der Waals surface area contributed by atoms with Crippen LogP contribution in [-0.2, 0) is 12.3 Å². The maximum absolute atomic E-state index is 5.88. The van der Waals surface area contributed by atoms with Gasteiger partial charge >= 0.3 is 0 Å². The summed E-state index contributed by atoms with van der Waals surface area (Å²) in [5, 5.41) is 12.5. The molecule has 0 fully saturated rings. The molecule has 3 aromatic heterocycles. The second kappa shape index (κ2) is 8.78. The van der Waals surface area contributed by atoms with Crippen molar-refractivity contribution in [1.29, 1.82) is 0 Å². The number of hydrogen-bond donors (Lipinski definition) is 2. The number of thioether (sulfide) groups is 1. The summed E-state index contributed by atoms with van der Waals surface area (Å²) in [6, 6.07) is 11.5. The zero-order chi connectivity index (χ0) is 20.9. The third-order valence-electron chi connectivity index (χ3n) is 4.19. The van der Waals surface area contributed by atoms with Crippen LogP contribution < -0.4 is 11.1 Å². The van der Waals surface area contributed by atoms with E-state index in [1.165, 1.54) is 11.8 Å². The standard InChI is InChI=1S/C20H20N8OS/c1-3-10-28-17(15-9-11-29-13(15)2)26-27-20(28)30-12-16-23-18(21)25-19(24-16)22-14-7-5-4-6-8-14/h3-9,11H,1,10,12H2,2H3,(H3,21,22,23,24,25). The number of nitrogens with one attached hydrogen (secondary N) is 1. The molecule has 0 aliphatic heterocycles. The number of hydrogen-bond acceptors (Lipinski definition) is 9. The van der Waals surface area contributed by atoms with Gasteiger partial charge in [0.15, 0.2) is 11.0 Å². The number of nitrogen functional groups attached to an aromatic ring is 1. The molecule has 0 radical (unpaired) electrons. The second-order valence-electron chi connectivity index (χ2n) is 6.31. The maximum Gasteiger partial charge on any atom is 0.232 e. The summed E-state index contributed by atoms with van der Waals surface area (Å²) in [5.41, 5.74) is 7.64. The Balaban J connectivity index is 1.54. The molecule has 9 nitrogen and oxygen atoms in total. The first kappa shape index (κ1) is 19.6. The van der Waals surface area contributed by atoms with Crippen LogP contribution in [0.1, 0.15) is 11.6 Å². The van der Waals surface area contributed by atoms with E-state index in [-0.39, 0.29) is 5.95 Å². The number of rotatable bonds is 8. The van der Waals surface area contributed by atoms with Crippen LogP contribution >= 0.6 is 11.8 Å². The molecule has 4 aromatic rings. The highest BCUT2D eigenvalue weighted by atomic mass is 32.2. The molecular formula is C20H20N8OS. The average molecular weight is 421 g/mol. The van der Waals surface area contributed by atoms with E-state index >= 15 is 0 Å². The molecule has 3 heterocycles. The van der Waals surface area contributed by atoms with Crippen molar-refractivity contribution in [1.82, 2.24) is 29.7 Å². The van der Waals surface area contributed by atoms with E-state index in [1.54, 1.807) is 12.3 Å². The molecule has 0 bridgehead atoms. The predicted octanol–water partition coefficient (Wildman–Crippen LogP) is 3.84. The van der Waals surface area contributed by atoms with Gasteiger partial charge < -0.3 is 15.5 Å². The van der Waals surface area contributed by atoms with E-state index in [0.29, 0.717) is 24.1 Å². The van der Waals surface area contributed by atoms with E-state index in [1.807, 2.05) is 47.9 Å². The van der Waals surface area contributed by atoms with Crippen LogP contribution in [0.2, 0.25) is 0 Å². The van der Waals surface area contributed by atoms with E-state index in [0.717, 1.165) is 28.0 Å². The van der Waals surface area contributed by atoms with Gasteiger partial charge in [-0.25, -0.2) is 0 Å². The Morgan fingerprint density at radius 3 is 2.73 bits per heavy atom. The van der Waals surface area contributed by atoms with Crippen molar-refractivity contribution in [2.24, 2.45) is 0 Å². The van der Waals surface area contributed by atoms with Crippen molar-refractivity contribution in [3.05, 3.63) is 66.9 Å². The molecule has 152 valence electrons. The first-order chi connectivity index (χ1) is 14.6. The minimum atomic E-state index is 0.154. The summed E-state index contributed by atoms with van der Waals surface area (Å²) >= 11 is 1.46. The number of nitrogens with zero attached hydrogens (tertiary/aromatic N) is 6. The minimum absolute atomic E-state index is 0.154. The maximum atomic E-state index is 5.88. The fourth-order valence-corrected chi connectivity index (χ4v) is 3.65. The van der Waals surface area contributed by atoms with Crippen molar-refractivity contribution in [2.75, 3.05) is 11.1 Å². The van der Waals surface area contributed by atoms with Crippen LogP contribution in [0.15, 0.2) is 64.9 Å². The molecule has 1 aromatic carbocycles. The number of benzene rings is 1. The van der Waals surface area contributed by atoms with E-state index in [4.69, 9.17) is 10.2 Å². The van der Waals surface area contributed by atoms with Crippen molar-refractivity contribution < 1.29 is 4.42 Å². The number of aromatic nitrogens is 6. The molecule has 0 saturated carbocycles. The zero-order valence-electron chi connectivity index (χ0n) is 16.3. The van der Waals surface area contributed by atoms with Gasteiger partial charge in [-0.3, -0.25) is 4.57 Å². The Morgan fingerprint density at radius 1 is 1.17 bits per heavy atom. The second-order valence-corrected chi connectivity index (χ2v) is 7.25. The number of allylic oxidation sites excluding steroid dienone is 1. The van der Waals surface area contributed by atoms with Crippen LogP contribution in [0.5, 0.6) is 0 Å². The average Bonchev–Trinajstić information content (AvgIpc) is 3.33. The van der Waals surface area contributed by atoms with Crippen LogP contribution in [0.4, 0.5) is 17.6 Å². The van der Waals surface area contributed by atoms with Gasteiger partial charge in [0.05, 0.1) is 17.6 Å². The molecule has 4 rings (SSSR count). The molecule has 0 spiro atoms. The summed E-state index contributed by atoms with van der Waals surface area (Å²) in [7, 11) is 0. The van der Waals surface area contributed by atoms with Gasteiger partial charge in [-0.2, -0.15) is 15.0 Å². The lowest BCUT2D eigenvalue weighted by Crippen LogP contribution is -2.07. The van der Waals surface area contributed by atoms with Crippen molar-refractivity contribution >= 4 is 29.3 Å². The van der Waals surface area contributed by atoms with Gasteiger partial charge in [0.25, 0.3) is 0 Å². The molecule has 0 atom stereocenters. The topological polar surface area (TPSA) is 121 Å². The Hall–Kier alpha value is -3.66. The predicted molar refractivity (Wildman–Crippen MR) is 116 cm³/mol. The quantitative estimate of drug-likeness (QED) is 0.323. The van der Waals surface area contributed by atoms with Crippen molar-refractivity contribution in [3.8, 4) is 11.4 Å². The normalized spacial score (nSPS) is 10.8. The summed E-state index contributed by atoms with van der Waals surface area (Å²) < 4.78 is 7.38. The first-order valence-corrected chi connectivity index (χ1v) is 10.2. The van der Waals surface area contributed by atoms with E-state index in [9.17, 15) is 0 Å². The molecule has 0 amide bonds. The smallest absolute Gasteiger partial charge is 0.232 e. The molecule has 0 aliphatic carbocycles. The lowest BCUT2D eigenvalue weighted by molar-refractivity contribution is 0.534.